The van der Waals surface area contributed by atoms with Gasteiger partial charge in [0.1, 0.15) is 5.52 Å². The molecule has 8 nitrogen and oxygen atoms in total. The molecule has 0 atom stereocenters. The number of hydrogen-bond acceptors (Lipinski definition) is 6. The van der Waals surface area contributed by atoms with E-state index in [0.717, 1.165) is 31.5 Å². The molecule has 1 aromatic carbocycles. The van der Waals surface area contributed by atoms with Crippen LogP contribution in [0.3, 0.4) is 0 Å². The smallest absolute Gasteiger partial charge is 0.328 e. The Balaban J connectivity index is 1.82. The monoisotopic (exact) mass is 397 g/mol. The van der Waals surface area contributed by atoms with Crippen molar-refractivity contribution in [3.8, 4) is 0 Å². The molecule has 0 unspecified atom stereocenters. The number of imidazole rings is 1. The largest absolute Gasteiger partial charge is 0.382 e. The number of nitrogens with two attached hydrogens (primary N) is 1. The summed E-state index contributed by atoms with van der Waals surface area (Å²) in [5.41, 5.74) is 9.07. The molecule has 0 aliphatic rings. The molecule has 0 fully saturated rings. The van der Waals surface area contributed by atoms with Crippen molar-refractivity contribution in [2.45, 2.75) is 59.2 Å². The minimum Gasteiger partial charge on any atom is -0.382 e. The first-order valence-corrected chi connectivity index (χ1v) is 10.1. The lowest BCUT2D eigenvalue weighted by molar-refractivity contribution is 0.424. The molecule has 156 valence electrons. The standard InChI is InChI=1S/C21H31N7O/c1-5-6-11-23-19-26-17(22)16-18(27-19)28(20(29)25-16)13-15-9-7-14(8-10-15)12-24-21(2,3)4/h7-10,24H,5-6,11-13H2,1-4H3,(H,25,29)(H3,22,23,26,27). The zero-order valence-electron chi connectivity index (χ0n) is 17.7. The van der Waals surface area contributed by atoms with E-state index in [2.05, 4.69) is 65.4 Å². The van der Waals surface area contributed by atoms with Gasteiger partial charge in [0.25, 0.3) is 0 Å². The van der Waals surface area contributed by atoms with Crippen molar-refractivity contribution in [1.29, 1.82) is 0 Å². The van der Waals surface area contributed by atoms with E-state index in [1.165, 1.54) is 5.56 Å². The summed E-state index contributed by atoms with van der Waals surface area (Å²) >= 11 is 0. The summed E-state index contributed by atoms with van der Waals surface area (Å²) in [7, 11) is 0. The lowest BCUT2D eigenvalue weighted by Crippen LogP contribution is -2.35. The number of hydrogen-bond donors (Lipinski definition) is 4. The van der Waals surface area contributed by atoms with Crippen molar-refractivity contribution in [3.05, 3.63) is 45.9 Å². The fourth-order valence-electron chi connectivity index (χ4n) is 2.97. The topological polar surface area (TPSA) is 114 Å². The Bertz CT molecular complexity index is 1010. The van der Waals surface area contributed by atoms with Crippen molar-refractivity contribution in [3.63, 3.8) is 0 Å². The first-order chi connectivity index (χ1) is 13.8. The molecule has 0 saturated carbocycles. The maximum atomic E-state index is 12.5. The third-order valence-corrected chi connectivity index (χ3v) is 4.65. The predicted molar refractivity (Wildman–Crippen MR) is 118 cm³/mol. The number of H-pyrrole nitrogens is 1. The van der Waals surface area contributed by atoms with Gasteiger partial charge in [0.05, 0.1) is 6.54 Å². The van der Waals surface area contributed by atoms with E-state index < -0.39 is 0 Å². The summed E-state index contributed by atoms with van der Waals surface area (Å²) in [5.74, 6) is 0.716. The Morgan fingerprint density at radius 3 is 2.48 bits per heavy atom. The van der Waals surface area contributed by atoms with Crippen LogP contribution in [0.2, 0.25) is 0 Å². The number of rotatable bonds is 8. The molecule has 0 spiro atoms. The zero-order chi connectivity index (χ0) is 21.0. The van der Waals surface area contributed by atoms with E-state index >= 15 is 0 Å². The third kappa shape index (κ3) is 5.35. The molecule has 0 aliphatic heterocycles. The van der Waals surface area contributed by atoms with Crippen LogP contribution in [0.1, 0.15) is 51.7 Å². The molecule has 0 amide bonds. The molecule has 2 aromatic heterocycles. The van der Waals surface area contributed by atoms with Gasteiger partial charge in [0.2, 0.25) is 5.95 Å². The SMILES string of the molecule is CCCCNc1nc(N)c2[nH]c(=O)n(Cc3ccc(CNC(C)(C)C)cc3)c2n1. The minimum absolute atomic E-state index is 0.0680. The number of benzene rings is 1. The van der Waals surface area contributed by atoms with E-state index in [1.54, 1.807) is 4.57 Å². The summed E-state index contributed by atoms with van der Waals surface area (Å²) in [5, 5.41) is 6.65. The van der Waals surface area contributed by atoms with Crippen LogP contribution >= 0.6 is 0 Å². The fraction of sp³-hybridized carbons (Fsp3) is 0.476. The highest BCUT2D eigenvalue weighted by Crippen LogP contribution is 2.18. The van der Waals surface area contributed by atoms with E-state index in [0.29, 0.717) is 23.7 Å². The van der Waals surface area contributed by atoms with E-state index in [1.807, 2.05) is 12.1 Å². The van der Waals surface area contributed by atoms with Crippen molar-refractivity contribution in [2.75, 3.05) is 17.6 Å². The van der Waals surface area contributed by atoms with Crippen LogP contribution in [-0.4, -0.2) is 31.6 Å². The molecule has 8 heteroatoms. The van der Waals surface area contributed by atoms with Crippen molar-refractivity contribution < 1.29 is 0 Å². The van der Waals surface area contributed by atoms with Crippen LogP contribution in [0.5, 0.6) is 0 Å². The quantitative estimate of drug-likeness (QED) is 0.435. The van der Waals surface area contributed by atoms with E-state index in [-0.39, 0.29) is 17.0 Å². The van der Waals surface area contributed by atoms with Gasteiger partial charge in [0.15, 0.2) is 11.5 Å². The lowest BCUT2D eigenvalue weighted by atomic mass is 10.1. The number of aromatic nitrogens is 4. The van der Waals surface area contributed by atoms with Gasteiger partial charge in [-0.25, -0.2) is 4.79 Å². The van der Waals surface area contributed by atoms with Gasteiger partial charge in [-0.2, -0.15) is 9.97 Å². The Kier molecular flexibility index (Phi) is 6.22. The summed E-state index contributed by atoms with van der Waals surface area (Å²) in [6, 6.07) is 8.23. The third-order valence-electron chi connectivity index (χ3n) is 4.65. The highest BCUT2D eigenvalue weighted by atomic mass is 16.1. The maximum absolute atomic E-state index is 12.5. The average molecular weight is 398 g/mol. The normalized spacial score (nSPS) is 11.9. The van der Waals surface area contributed by atoms with Crippen LogP contribution in [0.25, 0.3) is 11.2 Å². The van der Waals surface area contributed by atoms with Gasteiger partial charge >= 0.3 is 5.69 Å². The van der Waals surface area contributed by atoms with Gasteiger partial charge in [-0.15, -0.1) is 0 Å². The number of fused-ring (bicyclic) bond motifs is 1. The predicted octanol–water partition coefficient (Wildman–Crippen LogP) is 2.85. The molecule has 2 heterocycles. The van der Waals surface area contributed by atoms with Crippen LogP contribution in [0, 0.1) is 0 Å². The van der Waals surface area contributed by atoms with Gasteiger partial charge in [-0.05, 0) is 38.3 Å². The Hall–Kier alpha value is -2.87. The molecule has 0 saturated heterocycles. The minimum atomic E-state index is -0.245. The Labute approximate surface area is 170 Å². The Morgan fingerprint density at radius 1 is 1.14 bits per heavy atom. The average Bonchev–Trinajstić information content (AvgIpc) is 2.97. The summed E-state index contributed by atoms with van der Waals surface area (Å²) in [4.78, 5) is 24.0. The van der Waals surface area contributed by atoms with Crippen molar-refractivity contribution in [1.82, 2.24) is 24.8 Å². The second-order valence-electron chi connectivity index (χ2n) is 8.35. The summed E-state index contributed by atoms with van der Waals surface area (Å²) < 4.78 is 1.60. The molecule has 0 aliphatic carbocycles. The fourth-order valence-corrected chi connectivity index (χ4v) is 2.97. The van der Waals surface area contributed by atoms with Gasteiger partial charge in [-0.3, -0.25) is 4.57 Å². The molecule has 29 heavy (non-hydrogen) atoms. The number of nitrogens with zero attached hydrogens (tertiary/aromatic N) is 3. The van der Waals surface area contributed by atoms with Crippen LogP contribution in [0.15, 0.2) is 29.1 Å². The molecule has 5 N–H and O–H groups in total. The van der Waals surface area contributed by atoms with Crippen molar-refractivity contribution in [2.24, 2.45) is 0 Å². The summed E-state index contributed by atoms with van der Waals surface area (Å²) in [6.45, 7) is 10.5. The molecule has 3 aromatic rings. The highest BCUT2D eigenvalue weighted by molar-refractivity contribution is 5.82. The molecular weight excluding hydrogens is 366 g/mol. The lowest BCUT2D eigenvalue weighted by Gasteiger charge is -2.20. The molecule has 3 rings (SSSR count). The first-order valence-electron chi connectivity index (χ1n) is 10.1. The second kappa shape index (κ2) is 8.65. The maximum Gasteiger partial charge on any atom is 0.328 e. The number of anilines is 2. The van der Waals surface area contributed by atoms with Gasteiger partial charge < -0.3 is 21.4 Å². The summed E-state index contributed by atoms with van der Waals surface area (Å²) in [6.07, 6.45) is 2.08. The number of nitrogen functional groups attached to an aromatic ring is 1. The molecular formula is C21H31N7O. The Morgan fingerprint density at radius 2 is 1.83 bits per heavy atom. The first kappa shape index (κ1) is 20.9. The van der Waals surface area contributed by atoms with Crippen LogP contribution in [0.4, 0.5) is 11.8 Å². The zero-order valence-corrected chi connectivity index (χ0v) is 17.7. The van der Waals surface area contributed by atoms with Gasteiger partial charge in [-0.1, -0.05) is 37.6 Å². The number of unbranched alkanes of at least 4 members (excludes halogenated alkanes) is 1. The van der Waals surface area contributed by atoms with Gasteiger partial charge in [0, 0.05) is 18.6 Å². The van der Waals surface area contributed by atoms with E-state index in [4.69, 9.17) is 5.73 Å². The second-order valence-corrected chi connectivity index (χ2v) is 8.35. The van der Waals surface area contributed by atoms with Crippen molar-refractivity contribution >= 4 is 22.9 Å². The molecule has 0 radical (unpaired) electrons. The molecule has 0 bridgehead atoms. The van der Waals surface area contributed by atoms with E-state index in [9.17, 15) is 4.79 Å². The van der Waals surface area contributed by atoms with Crippen LogP contribution < -0.4 is 22.1 Å². The number of aromatic amines is 1. The number of nitrogens with one attached hydrogen (secondary N) is 3. The highest BCUT2D eigenvalue weighted by Gasteiger charge is 2.14. The van der Waals surface area contributed by atoms with Crippen LogP contribution in [-0.2, 0) is 13.1 Å².